The fourth-order valence-electron chi connectivity index (χ4n) is 2.01. The van der Waals surface area contributed by atoms with Crippen LogP contribution in [-0.2, 0) is 4.79 Å². The molecule has 0 bridgehead atoms. The van der Waals surface area contributed by atoms with E-state index in [1.54, 1.807) is 6.07 Å². The molecule has 1 amide bonds. The molecule has 1 aliphatic heterocycles. The van der Waals surface area contributed by atoms with Crippen LogP contribution in [0.2, 0.25) is 5.02 Å². The van der Waals surface area contributed by atoms with Crippen molar-refractivity contribution in [3.63, 3.8) is 0 Å². The first kappa shape index (κ1) is 11.5. The third-order valence-corrected chi connectivity index (χ3v) is 3.65. The van der Waals surface area contributed by atoms with Crippen LogP contribution in [0.15, 0.2) is 36.9 Å². The number of β-lactam (4-membered cyclic amide) rings is 1. The van der Waals surface area contributed by atoms with Crippen LogP contribution in [0.4, 0.5) is 0 Å². The Bertz CT molecular complexity index is 586. The van der Waals surface area contributed by atoms with Gasteiger partial charge in [-0.25, -0.2) is 9.69 Å². The van der Waals surface area contributed by atoms with Gasteiger partial charge in [-0.15, -0.1) is 21.8 Å². The normalized spacial score (nSPS) is 23.0. The van der Waals surface area contributed by atoms with Gasteiger partial charge in [-0.3, -0.25) is 4.79 Å². The lowest BCUT2D eigenvalue weighted by atomic mass is 9.95. The standard InChI is InChI=1S/C11H8Cl2N4O/c12-8-4-2-1-3-7(8)10-9(13)11(18)17(10)16-5-14-15-6-16/h1-6,9-10H. The van der Waals surface area contributed by atoms with Crippen LogP contribution in [0.1, 0.15) is 11.6 Å². The number of hydrogen-bond acceptors (Lipinski definition) is 3. The molecular formula is C11H8Cl2N4O. The first-order valence-corrected chi connectivity index (χ1v) is 6.08. The molecule has 2 atom stereocenters. The van der Waals surface area contributed by atoms with E-state index in [9.17, 15) is 4.79 Å². The number of hydrogen-bond donors (Lipinski definition) is 0. The summed E-state index contributed by atoms with van der Waals surface area (Å²) in [6, 6.07) is 7.01. The SMILES string of the molecule is O=C1C(Cl)C(c2ccccc2Cl)N1n1cnnc1. The van der Waals surface area contributed by atoms with Gasteiger partial charge in [0.05, 0.1) is 0 Å². The van der Waals surface area contributed by atoms with Crippen LogP contribution in [-0.4, -0.2) is 26.2 Å². The summed E-state index contributed by atoms with van der Waals surface area (Å²) in [5, 5.41) is 8.81. The highest BCUT2D eigenvalue weighted by Crippen LogP contribution is 2.39. The van der Waals surface area contributed by atoms with Crippen molar-refractivity contribution in [2.75, 3.05) is 5.01 Å². The third kappa shape index (κ3) is 1.59. The molecule has 1 saturated heterocycles. The topological polar surface area (TPSA) is 51.0 Å². The number of halogens is 2. The summed E-state index contributed by atoms with van der Waals surface area (Å²) in [5.41, 5.74) is 0.812. The molecule has 0 spiro atoms. The van der Waals surface area contributed by atoms with Gasteiger partial charge in [0.1, 0.15) is 24.1 Å². The molecule has 5 nitrogen and oxygen atoms in total. The lowest BCUT2D eigenvalue weighted by molar-refractivity contribution is -0.126. The van der Waals surface area contributed by atoms with E-state index in [2.05, 4.69) is 10.2 Å². The fraction of sp³-hybridized carbons (Fsp3) is 0.182. The van der Waals surface area contributed by atoms with Gasteiger partial charge in [0.25, 0.3) is 5.91 Å². The second-order valence-electron chi connectivity index (χ2n) is 3.89. The molecule has 2 aromatic rings. The second kappa shape index (κ2) is 4.26. The van der Waals surface area contributed by atoms with E-state index in [1.165, 1.54) is 22.3 Å². The maximum atomic E-state index is 11.8. The molecule has 2 heterocycles. The van der Waals surface area contributed by atoms with Gasteiger partial charge in [-0.1, -0.05) is 29.8 Å². The van der Waals surface area contributed by atoms with Gasteiger partial charge in [0.15, 0.2) is 0 Å². The quantitative estimate of drug-likeness (QED) is 0.623. The van der Waals surface area contributed by atoms with Crippen LogP contribution >= 0.6 is 23.2 Å². The second-order valence-corrected chi connectivity index (χ2v) is 4.77. The number of carbonyl (C=O) groups excluding carboxylic acids is 1. The minimum Gasteiger partial charge on any atom is -0.271 e. The summed E-state index contributed by atoms with van der Waals surface area (Å²) in [4.78, 5) is 11.8. The van der Waals surface area contributed by atoms with E-state index in [0.29, 0.717) is 5.02 Å². The van der Waals surface area contributed by atoms with E-state index in [1.807, 2.05) is 18.2 Å². The Morgan fingerprint density at radius 3 is 2.50 bits per heavy atom. The Morgan fingerprint density at radius 1 is 1.17 bits per heavy atom. The molecule has 7 heteroatoms. The zero-order valence-electron chi connectivity index (χ0n) is 9.07. The Morgan fingerprint density at radius 2 is 1.83 bits per heavy atom. The maximum Gasteiger partial charge on any atom is 0.262 e. The molecule has 18 heavy (non-hydrogen) atoms. The number of carbonyl (C=O) groups is 1. The largest absolute Gasteiger partial charge is 0.271 e. The maximum absolute atomic E-state index is 11.8. The summed E-state index contributed by atoms with van der Waals surface area (Å²) in [6.07, 6.45) is 2.90. The van der Waals surface area contributed by atoms with E-state index in [0.717, 1.165) is 5.56 Å². The highest BCUT2D eigenvalue weighted by Gasteiger charge is 2.49. The fourth-order valence-corrected chi connectivity index (χ4v) is 2.60. The van der Waals surface area contributed by atoms with Crippen LogP contribution < -0.4 is 5.01 Å². The molecule has 0 aliphatic carbocycles. The zero-order chi connectivity index (χ0) is 12.7. The number of nitrogens with zero attached hydrogens (tertiary/aromatic N) is 4. The summed E-state index contributed by atoms with van der Waals surface area (Å²) in [7, 11) is 0. The van der Waals surface area contributed by atoms with Crippen molar-refractivity contribution in [2.45, 2.75) is 11.4 Å². The van der Waals surface area contributed by atoms with Crippen molar-refractivity contribution in [1.82, 2.24) is 14.9 Å². The Labute approximate surface area is 113 Å². The Hall–Kier alpha value is -1.59. The summed E-state index contributed by atoms with van der Waals surface area (Å²) in [6.45, 7) is 0. The number of benzene rings is 1. The van der Waals surface area contributed by atoms with E-state index in [4.69, 9.17) is 23.2 Å². The molecule has 0 saturated carbocycles. The monoisotopic (exact) mass is 282 g/mol. The number of aromatic nitrogens is 3. The van der Waals surface area contributed by atoms with Crippen LogP contribution in [0.25, 0.3) is 0 Å². The molecule has 2 unspecified atom stereocenters. The Kier molecular flexibility index (Phi) is 2.72. The first-order valence-electron chi connectivity index (χ1n) is 5.26. The molecule has 92 valence electrons. The highest BCUT2D eigenvalue weighted by molar-refractivity contribution is 6.37. The summed E-state index contributed by atoms with van der Waals surface area (Å²) in [5.74, 6) is -0.193. The van der Waals surface area contributed by atoms with Gasteiger partial charge in [0.2, 0.25) is 0 Å². The first-order chi connectivity index (χ1) is 8.70. The van der Waals surface area contributed by atoms with Crippen molar-refractivity contribution in [3.05, 3.63) is 47.5 Å². The Balaban J connectivity index is 2.01. The van der Waals surface area contributed by atoms with Gasteiger partial charge in [-0.05, 0) is 11.6 Å². The van der Waals surface area contributed by atoms with Gasteiger partial charge in [0, 0.05) is 5.02 Å². The molecule has 1 aromatic heterocycles. The molecule has 0 N–H and O–H groups in total. The zero-order valence-corrected chi connectivity index (χ0v) is 10.6. The third-order valence-electron chi connectivity index (χ3n) is 2.88. The molecule has 1 fully saturated rings. The predicted molar refractivity (Wildman–Crippen MR) is 67.1 cm³/mol. The van der Waals surface area contributed by atoms with Gasteiger partial charge < -0.3 is 0 Å². The summed E-state index contributed by atoms with van der Waals surface area (Å²) >= 11 is 12.2. The number of amides is 1. The van der Waals surface area contributed by atoms with E-state index in [-0.39, 0.29) is 11.9 Å². The predicted octanol–water partition coefficient (Wildman–Crippen LogP) is 1.76. The van der Waals surface area contributed by atoms with Crippen molar-refractivity contribution in [2.24, 2.45) is 0 Å². The average molecular weight is 283 g/mol. The lowest BCUT2D eigenvalue weighted by Crippen LogP contribution is -2.61. The smallest absolute Gasteiger partial charge is 0.262 e. The van der Waals surface area contributed by atoms with E-state index < -0.39 is 5.38 Å². The molecule has 0 radical (unpaired) electrons. The van der Waals surface area contributed by atoms with Crippen molar-refractivity contribution in [3.8, 4) is 0 Å². The van der Waals surface area contributed by atoms with E-state index >= 15 is 0 Å². The minimum absolute atomic E-state index is 0.193. The molecular weight excluding hydrogens is 275 g/mol. The van der Waals surface area contributed by atoms with Crippen molar-refractivity contribution < 1.29 is 4.79 Å². The number of rotatable bonds is 2. The highest BCUT2D eigenvalue weighted by atomic mass is 35.5. The van der Waals surface area contributed by atoms with Crippen molar-refractivity contribution in [1.29, 1.82) is 0 Å². The lowest BCUT2D eigenvalue weighted by Gasteiger charge is -2.44. The minimum atomic E-state index is -0.618. The average Bonchev–Trinajstić information content (AvgIpc) is 2.89. The molecule has 1 aliphatic rings. The molecule has 1 aromatic carbocycles. The van der Waals surface area contributed by atoms with Crippen LogP contribution in [0, 0.1) is 0 Å². The van der Waals surface area contributed by atoms with Gasteiger partial charge in [-0.2, -0.15) is 0 Å². The van der Waals surface area contributed by atoms with Gasteiger partial charge >= 0.3 is 0 Å². The van der Waals surface area contributed by atoms with Crippen LogP contribution in [0.3, 0.4) is 0 Å². The number of alkyl halides is 1. The van der Waals surface area contributed by atoms with Crippen LogP contribution in [0.5, 0.6) is 0 Å². The molecule has 3 rings (SSSR count). The summed E-state index contributed by atoms with van der Waals surface area (Å²) < 4.78 is 1.51. The van der Waals surface area contributed by atoms with Crippen molar-refractivity contribution >= 4 is 29.1 Å².